The van der Waals surface area contributed by atoms with Crippen LogP contribution in [0.1, 0.15) is 71.6 Å². The summed E-state index contributed by atoms with van der Waals surface area (Å²) in [5, 5.41) is 3.99. The number of piperidine rings is 1. The second kappa shape index (κ2) is 6.79. The van der Waals surface area contributed by atoms with Gasteiger partial charge < -0.3 is 5.32 Å². The monoisotopic (exact) mass is 278 g/mol. The van der Waals surface area contributed by atoms with Crippen LogP contribution in [0.25, 0.3) is 0 Å². The summed E-state index contributed by atoms with van der Waals surface area (Å²) >= 11 is 0. The van der Waals surface area contributed by atoms with E-state index in [4.69, 9.17) is 0 Å². The van der Waals surface area contributed by atoms with Gasteiger partial charge in [-0.15, -0.1) is 0 Å². The number of likely N-dealkylation sites (tertiary alicyclic amines) is 1. The van der Waals surface area contributed by atoms with Crippen LogP contribution in [0.5, 0.6) is 0 Å². The molecule has 0 radical (unpaired) electrons. The molecule has 0 aromatic heterocycles. The molecule has 3 unspecified atom stereocenters. The van der Waals surface area contributed by atoms with E-state index < -0.39 is 0 Å². The van der Waals surface area contributed by atoms with Gasteiger partial charge in [-0.3, -0.25) is 4.90 Å². The standard InChI is InChI=1S/C18H34N2/c1-3-18(15-7-6-8-15)20-12-14(2)11-17(13-20)19-16-9-4-5-10-16/h14-19H,3-13H2,1-2H3. The van der Waals surface area contributed by atoms with Crippen molar-refractivity contribution in [1.82, 2.24) is 10.2 Å². The number of hydrogen-bond donors (Lipinski definition) is 1. The molecule has 1 heterocycles. The maximum absolute atomic E-state index is 3.99. The zero-order chi connectivity index (χ0) is 13.9. The highest BCUT2D eigenvalue weighted by Gasteiger charge is 2.35. The lowest BCUT2D eigenvalue weighted by Gasteiger charge is -2.46. The van der Waals surface area contributed by atoms with Gasteiger partial charge in [0.05, 0.1) is 0 Å². The lowest BCUT2D eigenvalue weighted by molar-refractivity contribution is 0.0419. The van der Waals surface area contributed by atoms with E-state index >= 15 is 0 Å². The molecule has 0 aromatic carbocycles. The molecule has 2 saturated carbocycles. The molecule has 0 bridgehead atoms. The summed E-state index contributed by atoms with van der Waals surface area (Å²) < 4.78 is 0. The van der Waals surface area contributed by atoms with Crippen LogP contribution in [0.4, 0.5) is 0 Å². The molecule has 2 heteroatoms. The van der Waals surface area contributed by atoms with Crippen LogP contribution in [0.3, 0.4) is 0 Å². The molecule has 1 N–H and O–H groups in total. The Morgan fingerprint density at radius 2 is 1.75 bits per heavy atom. The minimum atomic E-state index is 0.760. The first kappa shape index (κ1) is 14.8. The molecule has 3 atom stereocenters. The van der Waals surface area contributed by atoms with Gasteiger partial charge >= 0.3 is 0 Å². The van der Waals surface area contributed by atoms with E-state index in [0.29, 0.717) is 0 Å². The first-order chi connectivity index (χ1) is 9.76. The highest BCUT2D eigenvalue weighted by molar-refractivity contribution is 4.91. The van der Waals surface area contributed by atoms with Crippen LogP contribution in [-0.2, 0) is 0 Å². The highest BCUT2D eigenvalue weighted by atomic mass is 15.2. The lowest BCUT2D eigenvalue weighted by atomic mass is 9.77. The Labute approximate surface area is 125 Å². The molecule has 0 spiro atoms. The molecular weight excluding hydrogens is 244 g/mol. The molecular formula is C18H34N2. The van der Waals surface area contributed by atoms with Crippen molar-refractivity contribution in [2.75, 3.05) is 13.1 Å². The van der Waals surface area contributed by atoms with Gasteiger partial charge in [0.15, 0.2) is 0 Å². The Kier molecular flexibility index (Phi) is 5.04. The largest absolute Gasteiger partial charge is 0.310 e. The zero-order valence-corrected chi connectivity index (χ0v) is 13.6. The van der Waals surface area contributed by atoms with Crippen LogP contribution in [0.15, 0.2) is 0 Å². The van der Waals surface area contributed by atoms with Crippen LogP contribution < -0.4 is 5.32 Å². The second-order valence-corrected chi connectivity index (χ2v) is 7.81. The minimum absolute atomic E-state index is 0.760. The minimum Gasteiger partial charge on any atom is -0.310 e. The summed E-state index contributed by atoms with van der Waals surface area (Å²) in [5.74, 6) is 1.88. The third-order valence-corrected chi connectivity index (χ3v) is 6.10. The normalized spacial score (nSPS) is 35.1. The first-order valence-corrected chi connectivity index (χ1v) is 9.26. The van der Waals surface area contributed by atoms with E-state index in [1.165, 1.54) is 70.9 Å². The molecule has 3 aliphatic rings. The average molecular weight is 278 g/mol. The predicted molar refractivity (Wildman–Crippen MR) is 86.0 cm³/mol. The van der Waals surface area contributed by atoms with Crippen molar-refractivity contribution in [3.05, 3.63) is 0 Å². The second-order valence-electron chi connectivity index (χ2n) is 7.81. The number of rotatable bonds is 5. The molecule has 0 aromatic rings. The molecule has 0 amide bonds. The van der Waals surface area contributed by atoms with E-state index in [1.54, 1.807) is 0 Å². The first-order valence-electron chi connectivity index (χ1n) is 9.26. The Hall–Kier alpha value is -0.0800. The third kappa shape index (κ3) is 3.39. The van der Waals surface area contributed by atoms with Gasteiger partial charge in [0.25, 0.3) is 0 Å². The molecule has 116 valence electrons. The van der Waals surface area contributed by atoms with Gasteiger partial charge in [-0.2, -0.15) is 0 Å². The quantitative estimate of drug-likeness (QED) is 0.822. The molecule has 1 saturated heterocycles. The van der Waals surface area contributed by atoms with Crippen molar-refractivity contribution in [3.8, 4) is 0 Å². The zero-order valence-electron chi connectivity index (χ0n) is 13.6. The van der Waals surface area contributed by atoms with E-state index in [-0.39, 0.29) is 0 Å². The Bertz CT molecular complexity index is 294. The van der Waals surface area contributed by atoms with Crippen molar-refractivity contribution in [1.29, 1.82) is 0 Å². The number of nitrogens with one attached hydrogen (secondary N) is 1. The van der Waals surface area contributed by atoms with Crippen molar-refractivity contribution in [3.63, 3.8) is 0 Å². The van der Waals surface area contributed by atoms with Gasteiger partial charge in [-0.25, -0.2) is 0 Å². The van der Waals surface area contributed by atoms with E-state index in [9.17, 15) is 0 Å². The van der Waals surface area contributed by atoms with Crippen LogP contribution in [-0.4, -0.2) is 36.1 Å². The van der Waals surface area contributed by atoms with Crippen LogP contribution in [0, 0.1) is 11.8 Å². The van der Waals surface area contributed by atoms with Crippen LogP contribution in [0.2, 0.25) is 0 Å². The summed E-state index contributed by atoms with van der Waals surface area (Å²) in [4.78, 5) is 2.85. The average Bonchev–Trinajstić information content (AvgIpc) is 2.85. The van der Waals surface area contributed by atoms with E-state index in [1.807, 2.05) is 0 Å². The van der Waals surface area contributed by atoms with E-state index in [0.717, 1.165) is 30.0 Å². The maximum Gasteiger partial charge on any atom is 0.0200 e. The van der Waals surface area contributed by atoms with Gasteiger partial charge in [0.1, 0.15) is 0 Å². The van der Waals surface area contributed by atoms with E-state index in [2.05, 4.69) is 24.1 Å². The summed E-state index contributed by atoms with van der Waals surface area (Å²) in [6.45, 7) is 7.53. The van der Waals surface area contributed by atoms with Gasteiger partial charge in [0.2, 0.25) is 0 Å². The maximum atomic E-state index is 3.99. The van der Waals surface area contributed by atoms with Gasteiger partial charge in [-0.05, 0) is 50.4 Å². The van der Waals surface area contributed by atoms with Crippen molar-refractivity contribution in [2.24, 2.45) is 11.8 Å². The number of hydrogen-bond acceptors (Lipinski definition) is 2. The summed E-state index contributed by atoms with van der Waals surface area (Å²) in [6, 6.07) is 2.46. The highest BCUT2D eigenvalue weighted by Crippen LogP contribution is 2.35. The molecule has 3 fully saturated rings. The van der Waals surface area contributed by atoms with Crippen molar-refractivity contribution < 1.29 is 0 Å². The van der Waals surface area contributed by atoms with Crippen molar-refractivity contribution in [2.45, 2.75) is 89.8 Å². The number of nitrogens with zero attached hydrogens (tertiary/aromatic N) is 1. The fourth-order valence-corrected chi connectivity index (χ4v) is 4.92. The molecule has 2 aliphatic carbocycles. The van der Waals surface area contributed by atoms with Gasteiger partial charge in [0, 0.05) is 31.2 Å². The molecule has 20 heavy (non-hydrogen) atoms. The summed E-state index contributed by atoms with van der Waals surface area (Å²) in [5.41, 5.74) is 0. The molecule has 2 nitrogen and oxygen atoms in total. The van der Waals surface area contributed by atoms with Crippen molar-refractivity contribution >= 4 is 0 Å². The van der Waals surface area contributed by atoms with Gasteiger partial charge in [-0.1, -0.05) is 33.1 Å². The Morgan fingerprint density at radius 1 is 1.00 bits per heavy atom. The molecule has 1 aliphatic heterocycles. The summed E-state index contributed by atoms with van der Waals surface area (Å²) in [7, 11) is 0. The third-order valence-electron chi connectivity index (χ3n) is 6.10. The lowest BCUT2D eigenvalue weighted by Crippen LogP contribution is -2.55. The predicted octanol–water partition coefficient (Wildman–Crippen LogP) is 3.81. The smallest absolute Gasteiger partial charge is 0.0200 e. The summed E-state index contributed by atoms with van der Waals surface area (Å²) in [6.07, 6.45) is 13.0. The fraction of sp³-hybridized carbons (Fsp3) is 1.00. The topological polar surface area (TPSA) is 15.3 Å². The Morgan fingerprint density at radius 3 is 2.35 bits per heavy atom. The van der Waals surface area contributed by atoms with Crippen LogP contribution >= 0.6 is 0 Å². The Balaban J connectivity index is 1.56. The fourth-order valence-electron chi connectivity index (χ4n) is 4.92. The SMILES string of the molecule is CCC(C1CCC1)N1CC(C)CC(NC2CCCC2)C1. The molecule has 3 rings (SSSR count).